The Kier molecular flexibility index (Phi) is 3.88. The van der Waals surface area contributed by atoms with Crippen LogP contribution in [0.2, 0.25) is 0 Å². The Bertz CT molecular complexity index is 351. The molecule has 3 nitrogen and oxygen atoms in total. The van der Waals surface area contributed by atoms with Crippen molar-refractivity contribution in [2.75, 3.05) is 26.3 Å². The van der Waals surface area contributed by atoms with Crippen LogP contribution in [0.25, 0.3) is 0 Å². The first-order valence-electron chi connectivity index (χ1n) is 5.48. The number of rotatable bonds is 3. The summed E-state index contributed by atoms with van der Waals surface area (Å²) in [7, 11) is 0. The van der Waals surface area contributed by atoms with E-state index in [9.17, 15) is 4.39 Å². The van der Waals surface area contributed by atoms with Crippen molar-refractivity contribution in [2.24, 2.45) is 0 Å². The highest BCUT2D eigenvalue weighted by Crippen LogP contribution is 2.13. The maximum atomic E-state index is 13.4. The summed E-state index contributed by atoms with van der Waals surface area (Å²) in [4.78, 5) is 2.23. The molecular formula is C12H16FNO2. The maximum absolute atomic E-state index is 13.4. The molecule has 1 aromatic carbocycles. The van der Waals surface area contributed by atoms with Gasteiger partial charge in [-0.25, -0.2) is 4.39 Å². The molecular weight excluding hydrogens is 209 g/mol. The fraction of sp³-hybridized carbons (Fsp3) is 0.500. The van der Waals surface area contributed by atoms with Gasteiger partial charge in [0, 0.05) is 25.2 Å². The Morgan fingerprint density at radius 2 is 2.06 bits per heavy atom. The van der Waals surface area contributed by atoms with Crippen LogP contribution in [0.1, 0.15) is 11.1 Å². The zero-order valence-corrected chi connectivity index (χ0v) is 9.16. The van der Waals surface area contributed by atoms with Crippen molar-refractivity contribution in [1.82, 2.24) is 4.90 Å². The van der Waals surface area contributed by atoms with Gasteiger partial charge in [0.05, 0.1) is 19.8 Å². The lowest BCUT2D eigenvalue weighted by molar-refractivity contribution is 0.0341. The highest BCUT2D eigenvalue weighted by atomic mass is 19.1. The number of aliphatic hydroxyl groups excluding tert-OH is 1. The first-order chi connectivity index (χ1) is 7.79. The van der Waals surface area contributed by atoms with Crippen LogP contribution in [-0.4, -0.2) is 36.3 Å². The van der Waals surface area contributed by atoms with E-state index >= 15 is 0 Å². The fourth-order valence-corrected chi connectivity index (χ4v) is 1.83. The summed E-state index contributed by atoms with van der Waals surface area (Å²) >= 11 is 0. The summed E-state index contributed by atoms with van der Waals surface area (Å²) in [6.45, 7) is 3.77. The molecule has 0 aromatic heterocycles. The first kappa shape index (κ1) is 11.5. The topological polar surface area (TPSA) is 32.7 Å². The molecule has 0 atom stereocenters. The van der Waals surface area contributed by atoms with Crippen molar-refractivity contribution in [1.29, 1.82) is 0 Å². The van der Waals surface area contributed by atoms with Gasteiger partial charge in [0.25, 0.3) is 0 Å². The van der Waals surface area contributed by atoms with Gasteiger partial charge in [-0.1, -0.05) is 12.1 Å². The molecule has 1 fully saturated rings. The second-order valence-electron chi connectivity index (χ2n) is 3.97. The van der Waals surface area contributed by atoms with E-state index in [2.05, 4.69) is 4.90 Å². The van der Waals surface area contributed by atoms with E-state index in [1.165, 1.54) is 6.07 Å². The summed E-state index contributed by atoms with van der Waals surface area (Å²) in [6.07, 6.45) is 0. The van der Waals surface area contributed by atoms with Crippen LogP contribution in [0.4, 0.5) is 4.39 Å². The zero-order chi connectivity index (χ0) is 11.4. The number of aliphatic hydroxyl groups is 1. The molecule has 0 unspecified atom stereocenters. The minimum atomic E-state index is -0.326. The Morgan fingerprint density at radius 1 is 1.31 bits per heavy atom. The Morgan fingerprint density at radius 3 is 2.69 bits per heavy atom. The largest absolute Gasteiger partial charge is 0.392 e. The van der Waals surface area contributed by atoms with Crippen molar-refractivity contribution < 1.29 is 14.2 Å². The molecule has 16 heavy (non-hydrogen) atoms. The highest BCUT2D eigenvalue weighted by molar-refractivity contribution is 5.23. The lowest BCUT2D eigenvalue weighted by Crippen LogP contribution is -2.35. The van der Waals surface area contributed by atoms with Crippen LogP contribution < -0.4 is 0 Å². The molecule has 0 aliphatic carbocycles. The molecule has 0 amide bonds. The number of nitrogens with zero attached hydrogens (tertiary/aromatic N) is 1. The van der Waals surface area contributed by atoms with Gasteiger partial charge in [-0.2, -0.15) is 0 Å². The molecule has 1 N–H and O–H groups in total. The summed E-state index contributed by atoms with van der Waals surface area (Å²) in [5, 5.41) is 8.86. The van der Waals surface area contributed by atoms with Gasteiger partial charge in [0.1, 0.15) is 5.82 Å². The molecule has 2 rings (SSSR count). The smallest absolute Gasteiger partial charge is 0.129 e. The molecule has 1 aromatic rings. The van der Waals surface area contributed by atoms with Crippen molar-refractivity contribution in [3.05, 3.63) is 35.1 Å². The lowest BCUT2D eigenvalue weighted by atomic mass is 10.1. The van der Waals surface area contributed by atoms with Gasteiger partial charge in [-0.15, -0.1) is 0 Å². The predicted octanol–water partition coefficient (Wildman–Crippen LogP) is 1.15. The third-order valence-corrected chi connectivity index (χ3v) is 2.80. The summed E-state index contributed by atoms with van der Waals surface area (Å²) in [6, 6.07) is 5.01. The molecule has 1 aliphatic heterocycles. The predicted molar refractivity (Wildman–Crippen MR) is 58.4 cm³/mol. The van der Waals surface area contributed by atoms with Gasteiger partial charge in [-0.05, 0) is 11.6 Å². The van der Waals surface area contributed by atoms with Crippen LogP contribution in [0.15, 0.2) is 18.2 Å². The van der Waals surface area contributed by atoms with Crippen LogP contribution in [-0.2, 0) is 17.9 Å². The van der Waals surface area contributed by atoms with Crippen LogP contribution in [0.3, 0.4) is 0 Å². The third kappa shape index (κ3) is 2.78. The van der Waals surface area contributed by atoms with Gasteiger partial charge in [0.15, 0.2) is 0 Å². The van der Waals surface area contributed by atoms with Crippen LogP contribution >= 0.6 is 0 Å². The van der Waals surface area contributed by atoms with Crippen LogP contribution in [0, 0.1) is 5.82 Å². The number of ether oxygens (including phenoxy) is 1. The lowest BCUT2D eigenvalue weighted by Gasteiger charge is -2.26. The van der Waals surface area contributed by atoms with Crippen molar-refractivity contribution in [3.63, 3.8) is 0 Å². The second-order valence-corrected chi connectivity index (χ2v) is 3.97. The molecule has 1 heterocycles. The van der Waals surface area contributed by atoms with E-state index in [1.807, 2.05) is 6.07 Å². The van der Waals surface area contributed by atoms with E-state index in [-0.39, 0.29) is 12.4 Å². The number of hydrogen-bond acceptors (Lipinski definition) is 3. The summed E-state index contributed by atoms with van der Waals surface area (Å²) in [5.41, 5.74) is 1.29. The number of morpholine rings is 1. The van der Waals surface area contributed by atoms with Crippen LogP contribution in [0.5, 0.6) is 0 Å². The number of benzene rings is 1. The van der Waals surface area contributed by atoms with Gasteiger partial charge < -0.3 is 9.84 Å². The quantitative estimate of drug-likeness (QED) is 0.837. The number of hydrogen-bond donors (Lipinski definition) is 1. The molecule has 0 bridgehead atoms. The minimum absolute atomic E-state index is 0.246. The Hall–Kier alpha value is -0.970. The molecule has 88 valence electrons. The van der Waals surface area contributed by atoms with Crippen molar-refractivity contribution in [3.8, 4) is 0 Å². The Labute approximate surface area is 94.4 Å². The molecule has 4 heteroatoms. The van der Waals surface area contributed by atoms with E-state index < -0.39 is 0 Å². The molecule has 0 saturated carbocycles. The average Bonchev–Trinajstić information content (AvgIpc) is 2.31. The third-order valence-electron chi connectivity index (χ3n) is 2.80. The van der Waals surface area contributed by atoms with E-state index in [1.54, 1.807) is 6.07 Å². The normalized spacial score (nSPS) is 17.6. The molecule has 1 aliphatic rings. The van der Waals surface area contributed by atoms with E-state index in [0.717, 1.165) is 38.4 Å². The molecule has 0 radical (unpaired) electrons. The zero-order valence-electron chi connectivity index (χ0n) is 9.16. The molecule has 1 saturated heterocycles. The monoisotopic (exact) mass is 225 g/mol. The Balaban J connectivity index is 2.01. The van der Waals surface area contributed by atoms with Crippen molar-refractivity contribution >= 4 is 0 Å². The fourth-order valence-electron chi connectivity index (χ4n) is 1.83. The van der Waals surface area contributed by atoms with Crippen molar-refractivity contribution in [2.45, 2.75) is 13.2 Å². The second kappa shape index (κ2) is 5.39. The van der Waals surface area contributed by atoms with E-state index in [0.29, 0.717) is 5.56 Å². The standard InChI is InChI=1S/C12H16FNO2/c13-12-7-10(1-2-11(12)9-15)8-14-3-5-16-6-4-14/h1-2,7,15H,3-6,8-9H2. The number of halogens is 1. The SMILES string of the molecule is OCc1ccc(CN2CCOCC2)cc1F. The molecule has 0 spiro atoms. The minimum Gasteiger partial charge on any atom is -0.392 e. The summed E-state index contributed by atoms with van der Waals surface area (Å²) in [5.74, 6) is -0.326. The maximum Gasteiger partial charge on any atom is 0.129 e. The van der Waals surface area contributed by atoms with Gasteiger partial charge in [-0.3, -0.25) is 4.90 Å². The van der Waals surface area contributed by atoms with Gasteiger partial charge in [0.2, 0.25) is 0 Å². The first-order valence-corrected chi connectivity index (χ1v) is 5.48. The van der Waals surface area contributed by atoms with Gasteiger partial charge >= 0.3 is 0 Å². The average molecular weight is 225 g/mol. The highest BCUT2D eigenvalue weighted by Gasteiger charge is 2.11. The summed E-state index contributed by atoms with van der Waals surface area (Å²) < 4.78 is 18.7. The van der Waals surface area contributed by atoms with E-state index in [4.69, 9.17) is 9.84 Å².